The van der Waals surface area contributed by atoms with Crippen LogP contribution in [0, 0.1) is 28.8 Å². The number of amides is 1. The molecule has 1 N–H and O–H groups in total. The summed E-state index contributed by atoms with van der Waals surface area (Å²) in [5, 5.41) is 18.6. The quantitative estimate of drug-likeness (QED) is 0.305. The van der Waals surface area contributed by atoms with E-state index in [0.717, 1.165) is 12.1 Å². The highest BCUT2D eigenvalue weighted by atomic mass is 19.4. The minimum atomic E-state index is -4.69. The van der Waals surface area contributed by atoms with Crippen LogP contribution >= 0.6 is 0 Å². The van der Waals surface area contributed by atoms with E-state index in [1.165, 1.54) is 28.9 Å². The zero-order valence-electron chi connectivity index (χ0n) is 18.6. The smallest absolute Gasteiger partial charge is 0.366 e. The largest absolute Gasteiger partial charge is 0.416 e. The summed E-state index contributed by atoms with van der Waals surface area (Å²) < 4.78 is 53.7. The maximum absolute atomic E-state index is 13.3. The van der Waals surface area contributed by atoms with E-state index in [9.17, 15) is 32.5 Å². The van der Waals surface area contributed by atoms with Gasteiger partial charge in [-0.2, -0.15) is 18.3 Å². The summed E-state index contributed by atoms with van der Waals surface area (Å²) in [6, 6.07) is 9.78. The molecule has 1 fully saturated rings. The number of halogens is 4. The second-order valence-electron chi connectivity index (χ2n) is 8.27. The highest BCUT2D eigenvalue weighted by Crippen LogP contribution is 2.37. The number of nitrogens with zero attached hydrogens (tertiary/aromatic N) is 4. The van der Waals surface area contributed by atoms with Crippen molar-refractivity contribution in [2.45, 2.75) is 25.9 Å². The maximum Gasteiger partial charge on any atom is 0.416 e. The molecule has 0 aliphatic carbocycles. The fourth-order valence-corrected chi connectivity index (χ4v) is 4.09. The number of carbonyl (C=O) groups excluding carboxylic acids is 1. The molecule has 4 rings (SSSR count). The Bertz CT molecular complexity index is 1250. The summed E-state index contributed by atoms with van der Waals surface area (Å²) in [7, 11) is 0. The monoisotopic (exact) mass is 491 g/mol. The van der Waals surface area contributed by atoms with E-state index in [1.54, 1.807) is 17.9 Å². The van der Waals surface area contributed by atoms with E-state index < -0.39 is 34.1 Å². The number of rotatable bonds is 5. The number of piperidine rings is 1. The number of hydrogen-bond acceptors (Lipinski definition) is 5. The standard InChI is InChI=1S/C23H21F4N5O3/c1-14-12-21(31(29-14)18-5-3-17(24)4-6-18)28-22(33)15-8-10-30(11-9-15)19-7-2-16(23(25,26)27)13-20(19)32(34)35/h2-7,12-13,15H,8-11H2,1H3,(H,28,33). The van der Waals surface area contributed by atoms with Gasteiger partial charge in [0.05, 0.1) is 21.9 Å². The van der Waals surface area contributed by atoms with Crippen molar-refractivity contribution in [2.24, 2.45) is 5.92 Å². The van der Waals surface area contributed by atoms with Gasteiger partial charge in [-0.1, -0.05) is 0 Å². The molecule has 0 unspecified atom stereocenters. The first kappa shape index (κ1) is 24.2. The molecule has 3 aromatic rings. The summed E-state index contributed by atoms with van der Waals surface area (Å²) >= 11 is 0. The lowest BCUT2D eigenvalue weighted by Crippen LogP contribution is -2.38. The third kappa shape index (κ3) is 5.26. The van der Waals surface area contributed by atoms with Gasteiger partial charge in [-0.3, -0.25) is 14.9 Å². The van der Waals surface area contributed by atoms with Gasteiger partial charge in [0.1, 0.15) is 17.3 Å². The summed E-state index contributed by atoms with van der Waals surface area (Å²) in [6.45, 7) is 2.28. The molecule has 0 bridgehead atoms. The van der Waals surface area contributed by atoms with Crippen LogP contribution in [0.4, 0.5) is 34.8 Å². The predicted molar refractivity (Wildman–Crippen MR) is 120 cm³/mol. The number of anilines is 2. The van der Waals surface area contributed by atoms with Gasteiger partial charge in [-0.05, 0) is 56.2 Å². The number of hydrogen-bond donors (Lipinski definition) is 1. The molecular formula is C23H21F4N5O3. The molecule has 0 saturated carbocycles. The second kappa shape index (κ2) is 9.35. The van der Waals surface area contributed by atoms with Crippen LogP contribution in [0.25, 0.3) is 5.69 Å². The number of aryl methyl sites for hydroxylation is 1. The second-order valence-corrected chi connectivity index (χ2v) is 8.27. The number of nitro groups is 1. The fourth-order valence-electron chi connectivity index (χ4n) is 4.09. The van der Waals surface area contributed by atoms with Gasteiger partial charge in [-0.25, -0.2) is 9.07 Å². The van der Waals surface area contributed by atoms with E-state index in [1.807, 2.05) is 0 Å². The molecule has 12 heteroatoms. The van der Waals surface area contributed by atoms with Crippen molar-refractivity contribution in [3.05, 3.63) is 75.7 Å². The first-order valence-electron chi connectivity index (χ1n) is 10.8. The lowest BCUT2D eigenvalue weighted by Gasteiger charge is -2.32. The van der Waals surface area contributed by atoms with Crippen LogP contribution in [-0.2, 0) is 11.0 Å². The van der Waals surface area contributed by atoms with Crippen molar-refractivity contribution in [1.82, 2.24) is 9.78 Å². The Morgan fingerprint density at radius 3 is 2.37 bits per heavy atom. The highest BCUT2D eigenvalue weighted by Gasteiger charge is 2.35. The van der Waals surface area contributed by atoms with Crippen molar-refractivity contribution in [3.8, 4) is 5.69 Å². The zero-order chi connectivity index (χ0) is 25.3. The molecule has 1 aromatic heterocycles. The molecule has 1 saturated heterocycles. The number of aromatic nitrogens is 2. The van der Waals surface area contributed by atoms with Crippen molar-refractivity contribution < 1.29 is 27.3 Å². The summed E-state index contributed by atoms with van der Waals surface area (Å²) in [6.07, 6.45) is -3.98. The molecular weight excluding hydrogens is 470 g/mol. The Morgan fingerprint density at radius 1 is 1.11 bits per heavy atom. The lowest BCUT2D eigenvalue weighted by molar-refractivity contribution is -0.384. The van der Waals surface area contributed by atoms with E-state index in [2.05, 4.69) is 10.4 Å². The number of nitro benzene ring substituents is 1. The Morgan fingerprint density at radius 2 is 1.77 bits per heavy atom. The summed E-state index contributed by atoms with van der Waals surface area (Å²) in [4.78, 5) is 25.1. The van der Waals surface area contributed by atoms with Gasteiger partial charge in [0.2, 0.25) is 5.91 Å². The molecule has 0 spiro atoms. The molecule has 1 aliphatic heterocycles. The topological polar surface area (TPSA) is 93.3 Å². The molecule has 1 amide bonds. The number of benzene rings is 2. The van der Waals surface area contributed by atoms with Crippen molar-refractivity contribution in [2.75, 3.05) is 23.3 Å². The Balaban J connectivity index is 1.45. The van der Waals surface area contributed by atoms with Crippen LogP contribution in [0.5, 0.6) is 0 Å². The van der Waals surface area contributed by atoms with Gasteiger partial charge in [-0.15, -0.1) is 0 Å². The Labute approximate surface area is 197 Å². The average molecular weight is 491 g/mol. The van der Waals surface area contributed by atoms with Gasteiger partial charge < -0.3 is 10.2 Å². The first-order valence-corrected chi connectivity index (χ1v) is 10.8. The van der Waals surface area contributed by atoms with Gasteiger partial charge in [0.25, 0.3) is 5.69 Å². The number of nitrogens with one attached hydrogen (secondary N) is 1. The molecule has 1 aliphatic rings. The highest BCUT2D eigenvalue weighted by molar-refractivity contribution is 5.92. The van der Waals surface area contributed by atoms with Crippen LogP contribution in [0.15, 0.2) is 48.5 Å². The van der Waals surface area contributed by atoms with Crippen LogP contribution in [0.3, 0.4) is 0 Å². The molecule has 0 atom stereocenters. The lowest BCUT2D eigenvalue weighted by atomic mass is 9.95. The molecule has 8 nitrogen and oxygen atoms in total. The molecule has 35 heavy (non-hydrogen) atoms. The third-order valence-corrected chi connectivity index (χ3v) is 5.86. The van der Waals surface area contributed by atoms with Crippen LogP contribution in [0.1, 0.15) is 24.1 Å². The normalized spacial score (nSPS) is 14.7. The van der Waals surface area contributed by atoms with E-state index in [-0.39, 0.29) is 24.7 Å². The third-order valence-electron chi connectivity index (χ3n) is 5.86. The minimum absolute atomic E-state index is 0.0897. The SMILES string of the molecule is Cc1cc(NC(=O)C2CCN(c3ccc(C(F)(F)F)cc3[N+](=O)[O-])CC2)n(-c2ccc(F)cc2)n1. The molecule has 184 valence electrons. The van der Waals surface area contributed by atoms with E-state index >= 15 is 0 Å². The molecule has 2 heterocycles. The summed E-state index contributed by atoms with van der Waals surface area (Å²) in [5.74, 6) is -0.658. The van der Waals surface area contributed by atoms with Gasteiger partial charge >= 0.3 is 6.18 Å². The van der Waals surface area contributed by atoms with E-state index in [4.69, 9.17) is 0 Å². The van der Waals surface area contributed by atoms with Crippen molar-refractivity contribution >= 4 is 23.1 Å². The maximum atomic E-state index is 13.3. The van der Waals surface area contributed by atoms with Crippen molar-refractivity contribution in [1.29, 1.82) is 0 Å². The Hall–Kier alpha value is -3.96. The van der Waals surface area contributed by atoms with Crippen LogP contribution in [0.2, 0.25) is 0 Å². The minimum Gasteiger partial charge on any atom is -0.366 e. The zero-order valence-corrected chi connectivity index (χ0v) is 18.6. The predicted octanol–water partition coefficient (Wildman–Crippen LogP) is 5.10. The van der Waals surface area contributed by atoms with Crippen LogP contribution < -0.4 is 10.2 Å². The van der Waals surface area contributed by atoms with Crippen LogP contribution in [-0.4, -0.2) is 33.7 Å². The Kier molecular flexibility index (Phi) is 6.46. The van der Waals surface area contributed by atoms with Crippen molar-refractivity contribution in [3.63, 3.8) is 0 Å². The van der Waals surface area contributed by atoms with Gasteiger partial charge in [0, 0.05) is 31.1 Å². The molecule has 2 aromatic carbocycles. The number of carbonyl (C=O) groups is 1. The van der Waals surface area contributed by atoms with E-state index in [0.29, 0.717) is 36.1 Å². The fraction of sp³-hybridized carbons (Fsp3) is 0.304. The summed E-state index contributed by atoms with van der Waals surface area (Å²) in [5.41, 5.74) is -0.406. The molecule has 0 radical (unpaired) electrons. The average Bonchev–Trinajstić information content (AvgIpc) is 3.18. The van der Waals surface area contributed by atoms with Gasteiger partial charge in [0.15, 0.2) is 0 Å². The number of alkyl halides is 3. The first-order chi connectivity index (χ1) is 16.5.